The highest BCUT2D eigenvalue weighted by atomic mass is 16.6. The smallest absolute Gasteiger partial charge is 0.254 e. The van der Waals surface area contributed by atoms with Crippen molar-refractivity contribution in [3.63, 3.8) is 0 Å². The molecule has 1 aliphatic heterocycles. The van der Waals surface area contributed by atoms with Gasteiger partial charge in [-0.15, -0.1) is 0 Å². The summed E-state index contributed by atoms with van der Waals surface area (Å²) in [6, 6.07) is 22.6. The second-order valence-corrected chi connectivity index (χ2v) is 8.58. The van der Waals surface area contributed by atoms with Crippen LogP contribution in [0.3, 0.4) is 0 Å². The molecule has 1 aromatic heterocycles. The number of amides is 2. The third-order valence-electron chi connectivity index (χ3n) is 6.42. The van der Waals surface area contributed by atoms with Crippen LogP contribution in [0.5, 0.6) is 0 Å². The van der Waals surface area contributed by atoms with E-state index in [0.29, 0.717) is 30.0 Å². The average Bonchev–Trinajstić information content (AvgIpc) is 3.46. The van der Waals surface area contributed by atoms with Crippen molar-refractivity contribution < 1.29 is 14.4 Å². The lowest BCUT2D eigenvalue weighted by atomic mass is 10.1. The maximum atomic E-state index is 13.4. The van der Waals surface area contributed by atoms with E-state index in [4.69, 9.17) is 4.84 Å². The number of carbonyl (C=O) groups excluding carboxylic acids is 2. The molecule has 3 aromatic carbocycles. The highest BCUT2D eigenvalue weighted by Crippen LogP contribution is 2.31. The lowest BCUT2D eigenvalue weighted by Crippen LogP contribution is -2.43. The molecular weight excluding hydrogens is 440 g/mol. The van der Waals surface area contributed by atoms with Gasteiger partial charge in [-0.2, -0.15) is 0 Å². The van der Waals surface area contributed by atoms with Crippen LogP contribution in [0, 0.1) is 0 Å². The van der Waals surface area contributed by atoms with Gasteiger partial charge in [-0.05, 0) is 50.2 Å². The molecule has 0 spiro atoms. The number of aromatic nitrogens is 1. The largest absolute Gasteiger partial charge is 0.396 e. The minimum atomic E-state index is -0.672. The lowest BCUT2D eigenvalue weighted by molar-refractivity contribution is -0.119. The molecule has 0 radical (unpaired) electrons. The van der Waals surface area contributed by atoms with E-state index in [0.717, 1.165) is 22.8 Å². The monoisotopic (exact) mass is 468 g/mol. The molecule has 2 amide bonds. The maximum Gasteiger partial charge on any atom is 0.254 e. The normalized spacial score (nSPS) is 16.8. The molecule has 0 bridgehead atoms. The number of hydrogen-bond donors (Lipinski definition) is 1. The standard InChI is InChI=1S/C28H28N4O3/c1-3-31-24-13-9-8-12-22(24)23-16-20(14-15-25(23)31)29-27(33)26-17-21(30-35-4-2)18-32(26)28(34)19-10-6-5-7-11-19/h5-16,26H,3-4,17-18H2,1-2H3,(H,29,33)/t26-/m0/s1. The van der Waals surface area contributed by atoms with Gasteiger partial charge in [0, 0.05) is 46.0 Å². The van der Waals surface area contributed by atoms with Crippen LogP contribution in [0.1, 0.15) is 30.6 Å². The zero-order valence-corrected chi connectivity index (χ0v) is 19.9. The van der Waals surface area contributed by atoms with Crippen molar-refractivity contribution >= 4 is 45.0 Å². The highest BCUT2D eigenvalue weighted by Gasteiger charge is 2.38. The van der Waals surface area contributed by atoms with Gasteiger partial charge in [0.05, 0.1) is 12.3 Å². The second kappa shape index (κ2) is 9.62. The van der Waals surface area contributed by atoms with Crippen LogP contribution in [0.25, 0.3) is 21.8 Å². The number of benzene rings is 3. The van der Waals surface area contributed by atoms with Gasteiger partial charge >= 0.3 is 0 Å². The molecule has 178 valence electrons. The predicted molar refractivity (Wildman–Crippen MR) is 139 cm³/mol. The molecule has 0 saturated carbocycles. The van der Waals surface area contributed by atoms with E-state index in [1.54, 1.807) is 17.0 Å². The van der Waals surface area contributed by atoms with Gasteiger partial charge in [0.2, 0.25) is 5.91 Å². The van der Waals surface area contributed by atoms with Gasteiger partial charge in [-0.1, -0.05) is 41.6 Å². The fourth-order valence-corrected chi connectivity index (χ4v) is 4.82. The molecule has 0 unspecified atom stereocenters. The molecule has 7 heteroatoms. The minimum Gasteiger partial charge on any atom is -0.396 e. The first-order valence-corrected chi connectivity index (χ1v) is 12.0. The van der Waals surface area contributed by atoms with Crippen molar-refractivity contribution in [1.82, 2.24) is 9.47 Å². The molecule has 1 atom stereocenters. The van der Waals surface area contributed by atoms with Crippen molar-refractivity contribution in [1.29, 1.82) is 0 Å². The third-order valence-corrected chi connectivity index (χ3v) is 6.42. The Labute approximate surface area is 204 Å². The molecule has 4 aromatic rings. The SMILES string of the molecule is CCON=C1C[C@@H](C(=O)Nc2ccc3c(c2)c2ccccc2n3CC)N(C(=O)c2ccccc2)C1. The Hall–Kier alpha value is -4.13. The van der Waals surface area contributed by atoms with Gasteiger partial charge < -0.3 is 19.6 Å². The van der Waals surface area contributed by atoms with Crippen molar-refractivity contribution in [2.24, 2.45) is 5.16 Å². The summed E-state index contributed by atoms with van der Waals surface area (Å²) in [5, 5.41) is 9.41. The van der Waals surface area contributed by atoms with Gasteiger partial charge in [0.1, 0.15) is 12.6 Å². The number of hydrogen-bond acceptors (Lipinski definition) is 4. The summed E-state index contributed by atoms with van der Waals surface area (Å²) < 4.78 is 2.27. The summed E-state index contributed by atoms with van der Waals surface area (Å²) in [6.45, 7) is 5.52. The summed E-state index contributed by atoms with van der Waals surface area (Å²) in [4.78, 5) is 33.5. The third kappa shape index (κ3) is 4.25. The van der Waals surface area contributed by atoms with Crippen LogP contribution in [-0.2, 0) is 16.2 Å². The van der Waals surface area contributed by atoms with Crippen LogP contribution >= 0.6 is 0 Å². The van der Waals surface area contributed by atoms with E-state index in [2.05, 4.69) is 34.1 Å². The fourth-order valence-electron chi connectivity index (χ4n) is 4.82. The Balaban J connectivity index is 1.45. The number of nitrogens with zero attached hydrogens (tertiary/aromatic N) is 3. The number of fused-ring (bicyclic) bond motifs is 3. The van der Waals surface area contributed by atoms with E-state index < -0.39 is 6.04 Å². The average molecular weight is 469 g/mol. The Morgan fingerprint density at radius 1 is 0.971 bits per heavy atom. The highest BCUT2D eigenvalue weighted by molar-refractivity contribution is 6.11. The van der Waals surface area contributed by atoms with Crippen LogP contribution in [-0.4, -0.2) is 46.2 Å². The van der Waals surface area contributed by atoms with Gasteiger partial charge in [-0.25, -0.2) is 0 Å². The molecule has 5 rings (SSSR count). The quantitative estimate of drug-likeness (QED) is 0.402. The Bertz CT molecular complexity index is 1420. The summed E-state index contributed by atoms with van der Waals surface area (Å²) >= 11 is 0. The number of nitrogens with one attached hydrogen (secondary N) is 1. The van der Waals surface area contributed by atoms with Crippen molar-refractivity contribution in [2.45, 2.75) is 32.9 Å². The van der Waals surface area contributed by atoms with Crippen molar-refractivity contribution in [3.05, 3.63) is 78.4 Å². The Morgan fingerprint density at radius 3 is 2.49 bits per heavy atom. The zero-order valence-electron chi connectivity index (χ0n) is 19.9. The molecule has 0 aliphatic carbocycles. The number of carbonyl (C=O) groups is 2. The molecule has 1 saturated heterocycles. The van der Waals surface area contributed by atoms with Crippen LogP contribution in [0.2, 0.25) is 0 Å². The van der Waals surface area contributed by atoms with Crippen LogP contribution in [0.15, 0.2) is 78.0 Å². The first-order valence-electron chi connectivity index (χ1n) is 12.0. The van der Waals surface area contributed by atoms with E-state index in [1.807, 2.05) is 55.5 Å². The number of anilines is 1. The molecule has 7 nitrogen and oxygen atoms in total. The topological polar surface area (TPSA) is 75.9 Å². The summed E-state index contributed by atoms with van der Waals surface area (Å²) in [5.41, 5.74) is 4.21. The first-order chi connectivity index (χ1) is 17.1. The Morgan fingerprint density at radius 2 is 1.71 bits per heavy atom. The van der Waals surface area contributed by atoms with E-state index in [9.17, 15) is 9.59 Å². The fraction of sp³-hybridized carbons (Fsp3) is 0.250. The first kappa shape index (κ1) is 22.7. The molecule has 1 N–H and O–H groups in total. The lowest BCUT2D eigenvalue weighted by Gasteiger charge is -2.23. The summed E-state index contributed by atoms with van der Waals surface area (Å²) in [5.74, 6) is -0.441. The molecule has 35 heavy (non-hydrogen) atoms. The summed E-state index contributed by atoms with van der Waals surface area (Å²) in [7, 11) is 0. The zero-order chi connectivity index (χ0) is 24.4. The van der Waals surface area contributed by atoms with Crippen molar-refractivity contribution in [3.8, 4) is 0 Å². The molecule has 1 aliphatic rings. The maximum absolute atomic E-state index is 13.4. The molecule has 1 fully saturated rings. The minimum absolute atomic E-state index is 0.200. The van der Waals surface area contributed by atoms with E-state index >= 15 is 0 Å². The number of oxime groups is 1. The number of likely N-dealkylation sites (tertiary alicyclic amines) is 1. The summed E-state index contributed by atoms with van der Waals surface area (Å²) in [6.07, 6.45) is 0.335. The van der Waals surface area contributed by atoms with Gasteiger partial charge in [0.25, 0.3) is 5.91 Å². The van der Waals surface area contributed by atoms with Gasteiger partial charge in [0.15, 0.2) is 0 Å². The predicted octanol–water partition coefficient (Wildman–Crippen LogP) is 5.06. The number of rotatable bonds is 6. The van der Waals surface area contributed by atoms with Crippen molar-refractivity contribution in [2.75, 3.05) is 18.5 Å². The van der Waals surface area contributed by atoms with Gasteiger partial charge in [-0.3, -0.25) is 9.59 Å². The number of para-hydroxylation sites is 1. The van der Waals surface area contributed by atoms with E-state index in [1.165, 1.54) is 5.52 Å². The van der Waals surface area contributed by atoms with E-state index in [-0.39, 0.29) is 18.4 Å². The van der Waals surface area contributed by atoms with Crippen LogP contribution < -0.4 is 5.32 Å². The molecule has 2 heterocycles. The number of aryl methyl sites for hydroxylation is 1. The van der Waals surface area contributed by atoms with Crippen LogP contribution in [0.4, 0.5) is 5.69 Å². The second-order valence-electron chi connectivity index (χ2n) is 8.58. The molecular formula is C28H28N4O3. The Kier molecular flexibility index (Phi) is 6.23.